The van der Waals surface area contributed by atoms with Gasteiger partial charge in [-0.15, -0.1) is 0 Å². The van der Waals surface area contributed by atoms with Crippen LogP contribution in [0.5, 0.6) is 0 Å². The summed E-state index contributed by atoms with van der Waals surface area (Å²) >= 11 is 6.11. The number of nitro groups is 1. The Hall–Kier alpha value is -2.34. The van der Waals surface area contributed by atoms with E-state index >= 15 is 0 Å². The molecule has 0 radical (unpaired) electrons. The second-order valence-electron chi connectivity index (χ2n) is 6.07. The zero-order valence-electron chi connectivity index (χ0n) is 13.4. The van der Waals surface area contributed by atoms with Crippen molar-refractivity contribution < 1.29 is 4.92 Å². The first-order valence-corrected chi connectivity index (χ1v) is 8.26. The van der Waals surface area contributed by atoms with Crippen molar-refractivity contribution >= 4 is 28.8 Å². The van der Waals surface area contributed by atoms with Crippen LogP contribution in [0.2, 0.25) is 5.02 Å². The van der Waals surface area contributed by atoms with Crippen molar-refractivity contribution in [2.24, 2.45) is 5.92 Å². The van der Waals surface area contributed by atoms with Gasteiger partial charge in [-0.25, -0.2) is 4.98 Å². The summed E-state index contributed by atoms with van der Waals surface area (Å²) in [5.41, 5.74) is 2.42. The SMILES string of the molecule is Cc1ccc(Cl)cc1N1CCC(CNc2ccc([N+](=O)[O-])cn2)C1. The molecule has 1 N–H and O–H groups in total. The molecular weight excluding hydrogens is 328 g/mol. The second kappa shape index (κ2) is 7.05. The van der Waals surface area contributed by atoms with Crippen molar-refractivity contribution in [3.63, 3.8) is 0 Å². The fourth-order valence-corrected chi connectivity index (χ4v) is 3.16. The number of rotatable bonds is 5. The average molecular weight is 347 g/mol. The molecule has 1 saturated heterocycles. The molecule has 1 aliphatic rings. The molecule has 0 bridgehead atoms. The Morgan fingerprint density at radius 2 is 2.25 bits per heavy atom. The Bertz CT molecular complexity index is 736. The number of aryl methyl sites for hydroxylation is 1. The highest BCUT2D eigenvalue weighted by atomic mass is 35.5. The smallest absolute Gasteiger partial charge is 0.287 e. The lowest BCUT2D eigenvalue weighted by Gasteiger charge is -2.21. The molecule has 3 rings (SSSR count). The number of pyridine rings is 1. The van der Waals surface area contributed by atoms with Crippen molar-refractivity contribution in [3.05, 3.63) is 57.2 Å². The van der Waals surface area contributed by atoms with E-state index in [2.05, 4.69) is 22.1 Å². The lowest BCUT2D eigenvalue weighted by Crippen LogP contribution is -2.23. The van der Waals surface area contributed by atoms with Crippen LogP contribution in [-0.4, -0.2) is 29.5 Å². The number of nitrogens with zero attached hydrogens (tertiary/aromatic N) is 3. The zero-order chi connectivity index (χ0) is 17.1. The molecule has 126 valence electrons. The molecule has 1 aliphatic heterocycles. The van der Waals surface area contributed by atoms with Crippen molar-refractivity contribution in [1.29, 1.82) is 0 Å². The monoisotopic (exact) mass is 346 g/mol. The van der Waals surface area contributed by atoms with Crippen molar-refractivity contribution in [3.8, 4) is 0 Å². The van der Waals surface area contributed by atoms with Gasteiger partial charge in [0.2, 0.25) is 0 Å². The van der Waals surface area contributed by atoms with E-state index < -0.39 is 4.92 Å². The van der Waals surface area contributed by atoms with Gasteiger partial charge in [-0.2, -0.15) is 0 Å². The maximum Gasteiger partial charge on any atom is 0.287 e. The summed E-state index contributed by atoms with van der Waals surface area (Å²) in [5, 5.41) is 14.7. The highest BCUT2D eigenvalue weighted by Crippen LogP contribution is 2.29. The van der Waals surface area contributed by atoms with Crippen LogP contribution in [0.25, 0.3) is 0 Å². The van der Waals surface area contributed by atoms with Gasteiger partial charge in [-0.05, 0) is 43.0 Å². The number of hydrogen-bond donors (Lipinski definition) is 1. The van der Waals surface area contributed by atoms with E-state index in [1.54, 1.807) is 6.07 Å². The summed E-state index contributed by atoms with van der Waals surface area (Å²) in [6.07, 6.45) is 2.37. The van der Waals surface area contributed by atoms with Crippen LogP contribution in [0.4, 0.5) is 17.2 Å². The quantitative estimate of drug-likeness (QED) is 0.657. The molecule has 1 unspecified atom stereocenters. The molecule has 0 aliphatic carbocycles. The van der Waals surface area contributed by atoms with Crippen LogP contribution in [0.1, 0.15) is 12.0 Å². The first kappa shape index (κ1) is 16.5. The molecule has 0 saturated carbocycles. The van der Waals surface area contributed by atoms with Gasteiger partial charge in [0.1, 0.15) is 12.0 Å². The third-order valence-electron chi connectivity index (χ3n) is 4.33. The van der Waals surface area contributed by atoms with Crippen molar-refractivity contribution in [2.75, 3.05) is 29.9 Å². The van der Waals surface area contributed by atoms with E-state index in [0.29, 0.717) is 11.7 Å². The van der Waals surface area contributed by atoms with E-state index in [1.807, 2.05) is 18.2 Å². The topological polar surface area (TPSA) is 71.3 Å². The predicted octanol–water partition coefficient (Wildman–Crippen LogP) is 3.89. The Morgan fingerprint density at radius 1 is 1.42 bits per heavy atom. The van der Waals surface area contributed by atoms with Gasteiger partial charge >= 0.3 is 0 Å². The molecule has 6 nitrogen and oxygen atoms in total. The van der Waals surface area contributed by atoms with Gasteiger partial charge in [0, 0.05) is 36.4 Å². The minimum atomic E-state index is -0.445. The molecule has 0 spiro atoms. The Labute approximate surface area is 145 Å². The van der Waals surface area contributed by atoms with Crippen LogP contribution in [0.3, 0.4) is 0 Å². The minimum Gasteiger partial charge on any atom is -0.371 e. The van der Waals surface area contributed by atoms with E-state index in [-0.39, 0.29) is 5.69 Å². The normalized spacial score (nSPS) is 17.1. The first-order valence-electron chi connectivity index (χ1n) is 7.88. The first-order chi connectivity index (χ1) is 11.5. The molecule has 1 fully saturated rings. The van der Waals surface area contributed by atoms with E-state index in [9.17, 15) is 10.1 Å². The summed E-state index contributed by atoms with van der Waals surface area (Å²) < 4.78 is 0. The number of benzene rings is 1. The lowest BCUT2D eigenvalue weighted by molar-refractivity contribution is -0.385. The number of hydrogen-bond acceptors (Lipinski definition) is 5. The number of anilines is 2. The molecule has 1 aromatic carbocycles. The molecule has 24 heavy (non-hydrogen) atoms. The van der Waals surface area contributed by atoms with Crippen LogP contribution in [0.15, 0.2) is 36.5 Å². The predicted molar refractivity (Wildman–Crippen MR) is 95.9 cm³/mol. The summed E-state index contributed by atoms with van der Waals surface area (Å²) in [5.74, 6) is 1.17. The van der Waals surface area contributed by atoms with E-state index in [1.165, 1.54) is 23.5 Å². The van der Waals surface area contributed by atoms with E-state index in [0.717, 1.165) is 31.1 Å². The Kier molecular flexibility index (Phi) is 4.85. The highest BCUT2D eigenvalue weighted by Gasteiger charge is 2.23. The highest BCUT2D eigenvalue weighted by molar-refractivity contribution is 6.30. The molecule has 2 aromatic rings. The van der Waals surface area contributed by atoms with Crippen molar-refractivity contribution in [2.45, 2.75) is 13.3 Å². The van der Waals surface area contributed by atoms with Crippen LogP contribution in [-0.2, 0) is 0 Å². The number of halogens is 1. The van der Waals surface area contributed by atoms with Gasteiger partial charge in [0.25, 0.3) is 5.69 Å². The summed E-state index contributed by atoms with van der Waals surface area (Å²) in [7, 11) is 0. The summed E-state index contributed by atoms with van der Waals surface area (Å²) in [6.45, 7) is 4.85. The molecule has 0 amide bonds. The minimum absolute atomic E-state index is 0.00373. The van der Waals surface area contributed by atoms with E-state index in [4.69, 9.17) is 11.6 Å². The Balaban J connectivity index is 1.56. The van der Waals surface area contributed by atoms with Crippen LogP contribution >= 0.6 is 11.6 Å². The Morgan fingerprint density at radius 3 is 2.96 bits per heavy atom. The lowest BCUT2D eigenvalue weighted by atomic mass is 10.1. The van der Waals surface area contributed by atoms with Gasteiger partial charge in [-0.3, -0.25) is 10.1 Å². The average Bonchev–Trinajstić information content (AvgIpc) is 3.04. The van der Waals surface area contributed by atoms with Gasteiger partial charge in [0.05, 0.1) is 4.92 Å². The molecule has 1 atom stereocenters. The van der Waals surface area contributed by atoms with Crippen molar-refractivity contribution in [1.82, 2.24) is 4.98 Å². The molecular formula is C17H19ClN4O2. The number of nitrogens with one attached hydrogen (secondary N) is 1. The fourth-order valence-electron chi connectivity index (χ4n) is 2.99. The molecule has 7 heteroatoms. The third kappa shape index (κ3) is 3.76. The largest absolute Gasteiger partial charge is 0.371 e. The second-order valence-corrected chi connectivity index (χ2v) is 6.51. The zero-order valence-corrected chi connectivity index (χ0v) is 14.2. The maximum absolute atomic E-state index is 10.6. The fraction of sp³-hybridized carbons (Fsp3) is 0.353. The van der Waals surface area contributed by atoms with Gasteiger partial charge < -0.3 is 10.2 Å². The third-order valence-corrected chi connectivity index (χ3v) is 4.56. The molecule has 1 aromatic heterocycles. The summed E-state index contributed by atoms with van der Waals surface area (Å²) in [6, 6.07) is 9.09. The van der Waals surface area contributed by atoms with Crippen LogP contribution < -0.4 is 10.2 Å². The molecule has 2 heterocycles. The van der Waals surface area contributed by atoms with Crippen LogP contribution in [0, 0.1) is 23.0 Å². The number of aromatic nitrogens is 1. The standard InChI is InChI=1S/C17H19ClN4O2/c1-12-2-3-14(18)8-16(12)21-7-6-13(11-21)9-19-17-5-4-15(10-20-17)22(23)24/h2-5,8,10,13H,6-7,9,11H2,1H3,(H,19,20). The van der Waals surface area contributed by atoms with Gasteiger partial charge in [-0.1, -0.05) is 17.7 Å². The maximum atomic E-state index is 10.6. The van der Waals surface area contributed by atoms with Gasteiger partial charge in [0.15, 0.2) is 0 Å². The summed E-state index contributed by atoms with van der Waals surface area (Å²) in [4.78, 5) is 16.6.